The Morgan fingerprint density at radius 3 is 1.29 bits per heavy atom. The third kappa shape index (κ3) is 8.17. The molecule has 31 heavy (non-hydrogen) atoms. The van der Waals surface area contributed by atoms with Gasteiger partial charge in [-0.05, 0) is 16.7 Å². The van der Waals surface area contributed by atoms with E-state index in [9.17, 15) is 0 Å². The summed E-state index contributed by atoms with van der Waals surface area (Å²) in [5.41, 5.74) is 3.23. The summed E-state index contributed by atoms with van der Waals surface area (Å²) in [6.07, 6.45) is 0. The average molecular weight is 518 g/mol. The summed E-state index contributed by atoms with van der Waals surface area (Å²) in [6, 6.07) is 30.1. The Balaban J connectivity index is 0.00000341. The van der Waals surface area contributed by atoms with E-state index in [-0.39, 0.29) is 33.9 Å². The molecule has 0 saturated heterocycles. The minimum absolute atomic E-state index is 0. The fourth-order valence-electron chi connectivity index (χ4n) is 3.42. The van der Waals surface area contributed by atoms with Crippen LogP contribution in [0.25, 0.3) is 0 Å². The first-order chi connectivity index (χ1) is 14.5. The number of benzene rings is 3. The van der Waals surface area contributed by atoms with E-state index >= 15 is 0 Å². The Morgan fingerprint density at radius 1 is 0.548 bits per heavy atom. The molecule has 0 N–H and O–H groups in total. The van der Waals surface area contributed by atoms with Crippen molar-refractivity contribution in [1.82, 2.24) is 4.90 Å². The van der Waals surface area contributed by atoms with Gasteiger partial charge in [-0.1, -0.05) is 91.0 Å². The van der Waals surface area contributed by atoms with Crippen molar-refractivity contribution in [2.75, 3.05) is 13.1 Å². The van der Waals surface area contributed by atoms with Crippen LogP contribution in [0.1, 0.15) is 27.4 Å². The molecular formula is C25H26Cl5N. The van der Waals surface area contributed by atoms with Crippen LogP contribution in [-0.4, -0.2) is 28.7 Å². The molecule has 0 aromatic heterocycles. The first-order valence-corrected chi connectivity index (χ1v) is 11.7. The van der Waals surface area contributed by atoms with Crippen LogP contribution in [0.5, 0.6) is 0 Å². The maximum Gasteiger partial charge on any atom is 0.0761 e. The first-order valence-electron chi connectivity index (χ1n) is 9.97. The topological polar surface area (TPSA) is 3.24 Å². The second-order valence-electron chi connectivity index (χ2n) is 7.34. The molecule has 166 valence electrons. The lowest BCUT2D eigenvalue weighted by Gasteiger charge is -2.30. The Kier molecular flexibility index (Phi) is 11.5. The van der Waals surface area contributed by atoms with Crippen molar-refractivity contribution < 1.29 is 0 Å². The number of nitrogens with zero attached hydrogens (tertiary/aromatic N) is 1. The van der Waals surface area contributed by atoms with Gasteiger partial charge in [0.15, 0.2) is 0 Å². The van der Waals surface area contributed by atoms with Crippen LogP contribution in [0.15, 0.2) is 91.0 Å². The second kappa shape index (κ2) is 13.6. The van der Waals surface area contributed by atoms with Crippen LogP contribution in [-0.2, 0) is 6.54 Å². The molecular weight excluding hydrogens is 492 g/mol. The van der Waals surface area contributed by atoms with Gasteiger partial charge in [0.2, 0.25) is 0 Å². The third-order valence-corrected chi connectivity index (χ3v) is 7.14. The number of hydrogen-bond acceptors (Lipinski definition) is 1. The summed E-state index contributed by atoms with van der Waals surface area (Å²) >= 11 is 26.9. The van der Waals surface area contributed by atoms with E-state index in [0.717, 1.165) is 17.7 Å². The van der Waals surface area contributed by atoms with Gasteiger partial charge in [0.1, 0.15) is 0 Å². The van der Waals surface area contributed by atoms with Crippen molar-refractivity contribution in [2.24, 2.45) is 0 Å². The van der Waals surface area contributed by atoms with E-state index in [2.05, 4.69) is 17.0 Å². The predicted molar refractivity (Wildman–Crippen MR) is 138 cm³/mol. The van der Waals surface area contributed by atoms with Crippen molar-refractivity contribution in [3.05, 3.63) is 108 Å². The van der Waals surface area contributed by atoms with Crippen molar-refractivity contribution in [3.63, 3.8) is 0 Å². The van der Waals surface area contributed by atoms with Gasteiger partial charge in [0.05, 0.1) is 21.5 Å². The molecule has 3 rings (SSSR count). The molecule has 0 aliphatic heterocycles. The Bertz CT molecular complexity index is 809. The average Bonchev–Trinajstić information content (AvgIpc) is 2.79. The standard InChI is InChI=1S/C25H25Cl4N.ClH/c26-22(24(28)20-12-6-2-7-13-20)17-30(16-19-10-4-1-5-11-19)18-23(27)25(29)21-14-8-3-9-15-21;/h1-15,22-25H,16-18H2;1H. The van der Waals surface area contributed by atoms with Gasteiger partial charge in [-0.2, -0.15) is 0 Å². The summed E-state index contributed by atoms with van der Waals surface area (Å²) in [5, 5.41) is -1.12. The van der Waals surface area contributed by atoms with E-state index in [1.807, 2.05) is 78.9 Å². The summed E-state index contributed by atoms with van der Waals surface area (Å²) in [7, 11) is 0. The zero-order valence-electron chi connectivity index (χ0n) is 17.0. The monoisotopic (exact) mass is 515 g/mol. The lowest BCUT2D eigenvalue weighted by molar-refractivity contribution is 0.261. The summed E-state index contributed by atoms with van der Waals surface area (Å²) in [5.74, 6) is 0. The second-order valence-corrected chi connectivity index (χ2v) is 9.40. The number of alkyl halides is 4. The zero-order valence-corrected chi connectivity index (χ0v) is 20.8. The summed E-state index contributed by atoms with van der Waals surface area (Å²) in [4.78, 5) is 2.24. The fourth-order valence-corrected chi connectivity index (χ4v) is 4.55. The molecule has 0 radical (unpaired) electrons. The number of hydrogen-bond donors (Lipinski definition) is 0. The van der Waals surface area contributed by atoms with Crippen LogP contribution < -0.4 is 0 Å². The molecule has 0 amide bonds. The minimum atomic E-state index is -0.291. The van der Waals surface area contributed by atoms with Gasteiger partial charge in [-0.25, -0.2) is 0 Å². The summed E-state index contributed by atoms with van der Waals surface area (Å²) in [6.45, 7) is 1.92. The molecule has 3 aromatic carbocycles. The molecule has 0 fully saturated rings. The highest BCUT2D eigenvalue weighted by atomic mass is 35.5. The molecule has 0 bridgehead atoms. The molecule has 0 aliphatic rings. The van der Waals surface area contributed by atoms with Crippen LogP contribution in [0, 0.1) is 0 Å². The van der Waals surface area contributed by atoms with Crippen LogP contribution in [0.3, 0.4) is 0 Å². The maximum atomic E-state index is 6.76. The zero-order chi connectivity index (χ0) is 21.3. The number of rotatable bonds is 10. The third-order valence-electron chi connectivity index (χ3n) is 4.99. The van der Waals surface area contributed by atoms with E-state index < -0.39 is 0 Å². The largest absolute Gasteiger partial charge is 0.296 e. The van der Waals surface area contributed by atoms with Crippen molar-refractivity contribution in [1.29, 1.82) is 0 Å². The highest BCUT2D eigenvalue weighted by molar-refractivity contribution is 6.30. The quantitative estimate of drug-likeness (QED) is 0.246. The molecule has 1 nitrogen and oxygen atoms in total. The maximum absolute atomic E-state index is 6.76. The van der Waals surface area contributed by atoms with E-state index in [1.165, 1.54) is 5.56 Å². The highest BCUT2D eigenvalue weighted by Crippen LogP contribution is 2.31. The van der Waals surface area contributed by atoms with Crippen LogP contribution in [0.4, 0.5) is 0 Å². The molecule has 0 aliphatic carbocycles. The number of halogens is 5. The van der Waals surface area contributed by atoms with Crippen molar-refractivity contribution >= 4 is 58.8 Å². The molecule has 0 spiro atoms. The first kappa shape index (κ1) is 26.3. The lowest BCUT2D eigenvalue weighted by Crippen LogP contribution is -2.37. The van der Waals surface area contributed by atoms with Gasteiger partial charge in [0, 0.05) is 19.6 Å². The van der Waals surface area contributed by atoms with Gasteiger partial charge >= 0.3 is 0 Å². The smallest absolute Gasteiger partial charge is 0.0761 e. The fraction of sp³-hybridized carbons (Fsp3) is 0.280. The van der Waals surface area contributed by atoms with Gasteiger partial charge in [-0.3, -0.25) is 4.90 Å². The molecule has 4 unspecified atom stereocenters. The molecule has 3 aromatic rings. The Morgan fingerprint density at radius 2 is 0.903 bits per heavy atom. The minimum Gasteiger partial charge on any atom is -0.296 e. The van der Waals surface area contributed by atoms with Gasteiger partial charge < -0.3 is 0 Å². The van der Waals surface area contributed by atoms with E-state index in [4.69, 9.17) is 46.4 Å². The van der Waals surface area contributed by atoms with Crippen LogP contribution in [0.2, 0.25) is 0 Å². The van der Waals surface area contributed by atoms with E-state index in [1.54, 1.807) is 0 Å². The highest BCUT2D eigenvalue weighted by Gasteiger charge is 2.26. The molecule has 0 heterocycles. The predicted octanol–water partition coefficient (Wildman–Crippen LogP) is 8.09. The van der Waals surface area contributed by atoms with Crippen molar-refractivity contribution in [2.45, 2.75) is 28.1 Å². The van der Waals surface area contributed by atoms with E-state index in [0.29, 0.717) is 13.1 Å². The van der Waals surface area contributed by atoms with Gasteiger partial charge in [-0.15, -0.1) is 58.8 Å². The van der Waals surface area contributed by atoms with Gasteiger partial charge in [0.25, 0.3) is 0 Å². The summed E-state index contributed by atoms with van der Waals surface area (Å²) < 4.78 is 0. The van der Waals surface area contributed by atoms with Crippen molar-refractivity contribution in [3.8, 4) is 0 Å². The SMILES string of the molecule is Cl.ClC(CN(Cc1ccccc1)CC(Cl)C(Cl)c1ccccc1)C(Cl)c1ccccc1. The lowest BCUT2D eigenvalue weighted by atomic mass is 10.1. The van der Waals surface area contributed by atoms with Crippen LogP contribution >= 0.6 is 58.8 Å². The molecule has 0 saturated carbocycles. The normalized spacial score (nSPS) is 15.0. The molecule has 4 atom stereocenters. The Labute approximate surface area is 211 Å². The Hall–Kier alpha value is -0.930. The molecule has 6 heteroatoms.